The van der Waals surface area contributed by atoms with Crippen molar-refractivity contribution in [2.75, 3.05) is 0 Å². The van der Waals surface area contributed by atoms with Crippen LogP contribution in [0.1, 0.15) is 61.3 Å². The monoisotopic (exact) mass is 288 g/mol. The van der Waals surface area contributed by atoms with Gasteiger partial charge >= 0.3 is 0 Å². The summed E-state index contributed by atoms with van der Waals surface area (Å²) >= 11 is 0. The molecule has 0 heterocycles. The Kier molecular flexibility index (Phi) is 5.83. The Morgan fingerprint density at radius 1 is 1.10 bits per heavy atom. The average molecular weight is 288 g/mol. The summed E-state index contributed by atoms with van der Waals surface area (Å²) in [6.07, 6.45) is 7.82. The number of hydrogen-bond donors (Lipinski definition) is 2. The molecule has 1 unspecified atom stereocenters. The molecule has 1 fully saturated rings. The maximum absolute atomic E-state index is 5.90. The van der Waals surface area contributed by atoms with E-state index in [9.17, 15) is 0 Å². The summed E-state index contributed by atoms with van der Waals surface area (Å²) in [6, 6.07) is 5.01. The van der Waals surface area contributed by atoms with Gasteiger partial charge in [-0.2, -0.15) is 0 Å². The van der Waals surface area contributed by atoms with E-state index in [1.807, 2.05) is 0 Å². The molecular weight excluding hydrogens is 256 g/mol. The average Bonchev–Trinajstić information content (AvgIpc) is 2.47. The first-order valence-electron chi connectivity index (χ1n) is 8.58. The Bertz CT molecular complexity index is 436. The molecule has 1 aromatic rings. The van der Waals surface area contributed by atoms with Gasteiger partial charge < -0.3 is 0 Å². The van der Waals surface area contributed by atoms with Crippen LogP contribution in [0.25, 0.3) is 0 Å². The molecule has 0 aliphatic heterocycles. The zero-order chi connectivity index (χ0) is 15.4. The van der Waals surface area contributed by atoms with Crippen LogP contribution < -0.4 is 11.3 Å². The molecule has 3 N–H and O–H groups in total. The van der Waals surface area contributed by atoms with Gasteiger partial charge in [-0.05, 0) is 68.6 Å². The van der Waals surface area contributed by atoms with Crippen molar-refractivity contribution in [3.05, 3.63) is 34.4 Å². The fraction of sp³-hybridized carbons (Fsp3) is 0.684. The standard InChI is InChI=1S/C19H32N2/c1-5-16-6-8-17(9-7-16)19(21-20)12-18-14(3)10-13(2)11-15(18)4/h10-11,16-17,19,21H,5-9,12,20H2,1-4H3. The van der Waals surface area contributed by atoms with Crippen LogP contribution in [0.4, 0.5) is 0 Å². The summed E-state index contributed by atoms with van der Waals surface area (Å²) in [5.41, 5.74) is 8.79. The topological polar surface area (TPSA) is 38.0 Å². The molecule has 1 aromatic carbocycles. The zero-order valence-electron chi connectivity index (χ0n) is 14.2. The zero-order valence-corrected chi connectivity index (χ0v) is 14.2. The van der Waals surface area contributed by atoms with E-state index < -0.39 is 0 Å². The lowest BCUT2D eigenvalue weighted by atomic mass is 9.76. The minimum atomic E-state index is 0.419. The van der Waals surface area contributed by atoms with Crippen molar-refractivity contribution in [3.63, 3.8) is 0 Å². The summed E-state index contributed by atoms with van der Waals surface area (Å²) in [7, 11) is 0. The van der Waals surface area contributed by atoms with Gasteiger partial charge in [-0.3, -0.25) is 11.3 Å². The molecule has 1 saturated carbocycles. The molecule has 0 amide bonds. The van der Waals surface area contributed by atoms with E-state index in [4.69, 9.17) is 5.84 Å². The second-order valence-corrected chi connectivity index (χ2v) is 7.04. The van der Waals surface area contributed by atoms with Crippen LogP contribution in [0.2, 0.25) is 0 Å². The van der Waals surface area contributed by atoms with E-state index >= 15 is 0 Å². The first kappa shape index (κ1) is 16.5. The lowest BCUT2D eigenvalue weighted by Gasteiger charge is -2.34. The van der Waals surface area contributed by atoms with Gasteiger partial charge in [0.1, 0.15) is 0 Å². The highest BCUT2D eigenvalue weighted by molar-refractivity contribution is 5.38. The smallest absolute Gasteiger partial charge is 0.0279 e. The lowest BCUT2D eigenvalue weighted by molar-refractivity contribution is 0.217. The molecule has 0 spiro atoms. The van der Waals surface area contributed by atoms with E-state index in [0.717, 1.165) is 18.3 Å². The minimum Gasteiger partial charge on any atom is -0.271 e. The highest BCUT2D eigenvalue weighted by Gasteiger charge is 2.27. The number of nitrogens with one attached hydrogen (secondary N) is 1. The molecule has 0 radical (unpaired) electrons. The predicted molar refractivity (Wildman–Crippen MR) is 91.2 cm³/mol. The molecule has 2 nitrogen and oxygen atoms in total. The molecule has 1 aliphatic rings. The van der Waals surface area contributed by atoms with Gasteiger partial charge in [-0.1, -0.05) is 43.9 Å². The number of hydrazine groups is 1. The van der Waals surface area contributed by atoms with E-state index in [-0.39, 0.29) is 0 Å². The van der Waals surface area contributed by atoms with Crippen molar-refractivity contribution < 1.29 is 0 Å². The van der Waals surface area contributed by atoms with Crippen LogP contribution in [-0.2, 0) is 6.42 Å². The maximum Gasteiger partial charge on any atom is 0.0279 e. The highest BCUT2D eigenvalue weighted by Crippen LogP contribution is 2.33. The van der Waals surface area contributed by atoms with Gasteiger partial charge in [0.25, 0.3) is 0 Å². The second kappa shape index (κ2) is 7.42. The SMILES string of the molecule is CCC1CCC(C(Cc2c(C)cc(C)cc2C)NN)CC1. The van der Waals surface area contributed by atoms with Gasteiger partial charge in [0.2, 0.25) is 0 Å². The number of aryl methyl sites for hydroxylation is 3. The van der Waals surface area contributed by atoms with Crippen LogP contribution in [0.3, 0.4) is 0 Å². The minimum absolute atomic E-state index is 0.419. The first-order chi connectivity index (χ1) is 10.0. The molecule has 2 heteroatoms. The number of benzene rings is 1. The highest BCUT2D eigenvalue weighted by atomic mass is 15.2. The normalized spacial score (nSPS) is 24.0. The van der Waals surface area contributed by atoms with E-state index in [2.05, 4.69) is 45.3 Å². The first-order valence-corrected chi connectivity index (χ1v) is 8.58. The summed E-state index contributed by atoms with van der Waals surface area (Å²) in [6.45, 7) is 8.96. The van der Waals surface area contributed by atoms with Crippen molar-refractivity contribution in [3.8, 4) is 0 Å². The van der Waals surface area contributed by atoms with E-state index in [1.54, 1.807) is 0 Å². The Morgan fingerprint density at radius 3 is 2.14 bits per heavy atom. The predicted octanol–water partition coefficient (Wildman–Crippen LogP) is 4.20. The Morgan fingerprint density at radius 2 is 1.67 bits per heavy atom. The van der Waals surface area contributed by atoms with Gasteiger partial charge in [0, 0.05) is 6.04 Å². The van der Waals surface area contributed by atoms with E-state index in [1.165, 1.54) is 54.4 Å². The molecule has 2 rings (SSSR count). The number of rotatable bonds is 5. The van der Waals surface area contributed by atoms with Gasteiger partial charge in [-0.15, -0.1) is 0 Å². The summed E-state index contributed by atoms with van der Waals surface area (Å²) in [4.78, 5) is 0. The fourth-order valence-electron chi connectivity index (χ4n) is 4.11. The molecule has 1 aliphatic carbocycles. The molecule has 118 valence electrons. The largest absolute Gasteiger partial charge is 0.271 e. The van der Waals surface area contributed by atoms with Crippen LogP contribution in [0.15, 0.2) is 12.1 Å². The quantitative estimate of drug-likeness (QED) is 0.629. The van der Waals surface area contributed by atoms with Crippen LogP contribution >= 0.6 is 0 Å². The fourth-order valence-corrected chi connectivity index (χ4v) is 4.11. The Hall–Kier alpha value is -0.860. The van der Waals surface area contributed by atoms with Crippen molar-refractivity contribution in [2.24, 2.45) is 17.7 Å². The third-order valence-electron chi connectivity index (χ3n) is 5.52. The molecule has 1 atom stereocenters. The van der Waals surface area contributed by atoms with Gasteiger partial charge in [0.05, 0.1) is 0 Å². The van der Waals surface area contributed by atoms with Crippen molar-refractivity contribution in [1.82, 2.24) is 5.43 Å². The van der Waals surface area contributed by atoms with Crippen LogP contribution in [0, 0.1) is 32.6 Å². The van der Waals surface area contributed by atoms with Gasteiger partial charge in [0.15, 0.2) is 0 Å². The summed E-state index contributed by atoms with van der Waals surface area (Å²) < 4.78 is 0. The Balaban J connectivity index is 2.06. The molecule has 0 aromatic heterocycles. The van der Waals surface area contributed by atoms with Crippen LogP contribution in [0.5, 0.6) is 0 Å². The molecule has 21 heavy (non-hydrogen) atoms. The maximum atomic E-state index is 5.90. The molecule has 0 bridgehead atoms. The number of hydrogen-bond acceptors (Lipinski definition) is 2. The third-order valence-corrected chi connectivity index (χ3v) is 5.52. The summed E-state index contributed by atoms with van der Waals surface area (Å²) in [5, 5.41) is 0. The van der Waals surface area contributed by atoms with Crippen molar-refractivity contribution in [2.45, 2.75) is 72.3 Å². The Labute approximate surface area is 130 Å². The van der Waals surface area contributed by atoms with E-state index in [0.29, 0.717) is 6.04 Å². The van der Waals surface area contributed by atoms with Gasteiger partial charge in [-0.25, -0.2) is 0 Å². The van der Waals surface area contributed by atoms with Crippen molar-refractivity contribution in [1.29, 1.82) is 0 Å². The van der Waals surface area contributed by atoms with Crippen molar-refractivity contribution >= 4 is 0 Å². The molecule has 0 saturated heterocycles. The third kappa shape index (κ3) is 4.08. The summed E-state index contributed by atoms with van der Waals surface area (Å²) in [5.74, 6) is 7.58. The lowest BCUT2D eigenvalue weighted by Crippen LogP contribution is -2.44. The number of nitrogens with two attached hydrogens (primary N) is 1. The van der Waals surface area contributed by atoms with Crippen LogP contribution in [-0.4, -0.2) is 6.04 Å². The second-order valence-electron chi connectivity index (χ2n) is 7.04. The molecular formula is C19H32N2.